The Morgan fingerprint density at radius 1 is 1.06 bits per heavy atom. The van der Waals surface area contributed by atoms with Gasteiger partial charge in [0.2, 0.25) is 15.9 Å². The molecule has 3 heterocycles. The number of carbonyl (C=O) groups excluding carboxylic acids is 1. The molecule has 2 saturated heterocycles. The maximum absolute atomic E-state index is 12.7. The van der Waals surface area contributed by atoms with Gasteiger partial charge in [-0.25, -0.2) is 8.42 Å². The van der Waals surface area contributed by atoms with E-state index < -0.39 is 10.0 Å². The minimum Gasteiger partial charge on any atom is -0.379 e. The Morgan fingerprint density at radius 2 is 1.78 bits per heavy atom. The second-order valence-corrected chi connectivity index (χ2v) is 11.2. The number of rotatable bonds is 9. The third kappa shape index (κ3) is 5.77. The van der Waals surface area contributed by atoms with Crippen LogP contribution < -0.4 is 5.32 Å². The van der Waals surface area contributed by atoms with Gasteiger partial charge < -0.3 is 10.1 Å². The topological polar surface area (TPSA) is 79.0 Å². The van der Waals surface area contributed by atoms with Gasteiger partial charge in [-0.2, -0.15) is 4.31 Å². The molecule has 0 saturated carbocycles. The van der Waals surface area contributed by atoms with Crippen molar-refractivity contribution in [2.45, 2.75) is 36.6 Å². The summed E-state index contributed by atoms with van der Waals surface area (Å²) in [6, 6.07) is 11.3. The van der Waals surface area contributed by atoms with E-state index in [2.05, 4.69) is 27.7 Å². The van der Waals surface area contributed by atoms with E-state index in [1.165, 1.54) is 22.0 Å². The number of carbonyl (C=O) groups is 1. The molecule has 2 aliphatic rings. The number of ether oxygens (including phenoxy) is 1. The summed E-state index contributed by atoms with van der Waals surface area (Å²) in [5.41, 5.74) is 0.954. The van der Waals surface area contributed by atoms with E-state index in [1.54, 1.807) is 35.6 Å². The van der Waals surface area contributed by atoms with Crippen LogP contribution in [0.25, 0.3) is 0 Å². The van der Waals surface area contributed by atoms with Gasteiger partial charge in [0.25, 0.3) is 0 Å². The highest BCUT2D eigenvalue weighted by Gasteiger charge is 2.26. The number of hydrogen-bond donors (Lipinski definition) is 1. The molecule has 174 valence electrons. The molecule has 1 aromatic heterocycles. The van der Waals surface area contributed by atoms with Crippen LogP contribution in [0.4, 0.5) is 0 Å². The fraction of sp³-hybridized carbons (Fsp3) is 0.522. The number of morpholine rings is 1. The third-order valence-electron chi connectivity index (χ3n) is 6.12. The number of benzene rings is 1. The quantitative estimate of drug-likeness (QED) is 0.601. The fourth-order valence-corrected chi connectivity index (χ4v) is 6.53. The molecular weight excluding hydrogens is 446 g/mol. The molecule has 2 aliphatic heterocycles. The van der Waals surface area contributed by atoms with Crippen LogP contribution in [0.5, 0.6) is 0 Å². The van der Waals surface area contributed by atoms with E-state index in [0.29, 0.717) is 45.7 Å². The van der Waals surface area contributed by atoms with Crippen molar-refractivity contribution >= 4 is 27.3 Å². The molecule has 0 bridgehead atoms. The second kappa shape index (κ2) is 10.9. The molecule has 32 heavy (non-hydrogen) atoms. The Kier molecular flexibility index (Phi) is 7.96. The van der Waals surface area contributed by atoms with Crippen molar-refractivity contribution in [2.24, 2.45) is 0 Å². The van der Waals surface area contributed by atoms with Crippen molar-refractivity contribution in [3.63, 3.8) is 0 Å². The molecule has 1 aromatic carbocycles. The minimum atomic E-state index is -3.49. The van der Waals surface area contributed by atoms with E-state index in [4.69, 9.17) is 4.74 Å². The molecular formula is C23H31N3O4S2. The zero-order valence-electron chi connectivity index (χ0n) is 18.2. The van der Waals surface area contributed by atoms with Crippen LogP contribution >= 0.6 is 11.3 Å². The highest BCUT2D eigenvalue weighted by atomic mass is 32.2. The van der Waals surface area contributed by atoms with E-state index in [1.807, 2.05) is 0 Å². The van der Waals surface area contributed by atoms with Crippen LogP contribution in [0.3, 0.4) is 0 Å². The van der Waals surface area contributed by atoms with Crippen LogP contribution in [0.1, 0.15) is 35.7 Å². The molecule has 1 N–H and O–H groups in total. The van der Waals surface area contributed by atoms with Gasteiger partial charge in [0.1, 0.15) is 0 Å². The molecule has 1 amide bonds. The van der Waals surface area contributed by atoms with Crippen LogP contribution in [0.15, 0.2) is 46.7 Å². The summed E-state index contributed by atoms with van der Waals surface area (Å²) in [4.78, 5) is 16.5. The van der Waals surface area contributed by atoms with Gasteiger partial charge >= 0.3 is 0 Å². The first-order valence-corrected chi connectivity index (χ1v) is 13.6. The zero-order valence-corrected chi connectivity index (χ0v) is 19.9. The summed E-state index contributed by atoms with van der Waals surface area (Å²) in [6.45, 7) is 4.41. The lowest BCUT2D eigenvalue weighted by atomic mass is 10.1. The van der Waals surface area contributed by atoms with E-state index >= 15 is 0 Å². The van der Waals surface area contributed by atoms with Gasteiger partial charge in [-0.3, -0.25) is 9.69 Å². The molecule has 0 unspecified atom stereocenters. The number of aryl methyl sites for hydroxylation is 1. The number of likely N-dealkylation sites (tertiary alicyclic amines) is 1. The molecule has 0 aliphatic carbocycles. The van der Waals surface area contributed by atoms with Crippen molar-refractivity contribution in [3.05, 3.63) is 52.2 Å². The summed E-state index contributed by atoms with van der Waals surface area (Å²) in [5, 5.41) is 5.19. The van der Waals surface area contributed by atoms with Gasteiger partial charge in [-0.05, 0) is 61.5 Å². The number of hydrogen-bond acceptors (Lipinski definition) is 6. The van der Waals surface area contributed by atoms with Gasteiger partial charge in [-0.15, -0.1) is 11.3 Å². The number of nitrogens with one attached hydrogen (secondary N) is 1. The largest absolute Gasteiger partial charge is 0.379 e. The summed E-state index contributed by atoms with van der Waals surface area (Å²) in [6.07, 6.45) is 3.39. The molecule has 0 spiro atoms. The molecule has 4 rings (SSSR count). The predicted molar refractivity (Wildman–Crippen MR) is 125 cm³/mol. The van der Waals surface area contributed by atoms with Gasteiger partial charge in [0.15, 0.2) is 0 Å². The fourth-order valence-electron chi connectivity index (χ4n) is 4.26. The number of thiophene rings is 1. The molecule has 9 heteroatoms. The maximum atomic E-state index is 12.7. The molecule has 2 aromatic rings. The highest BCUT2D eigenvalue weighted by molar-refractivity contribution is 7.89. The first-order valence-electron chi connectivity index (χ1n) is 11.2. The van der Waals surface area contributed by atoms with Crippen molar-refractivity contribution in [1.29, 1.82) is 0 Å². The number of amides is 1. The molecule has 0 radical (unpaired) electrons. The van der Waals surface area contributed by atoms with E-state index in [9.17, 15) is 13.2 Å². The average Bonchev–Trinajstić information content (AvgIpc) is 3.54. The van der Waals surface area contributed by atoms with Crippen LogP contribution in [0, 0.1) is 0 Å². The first kappa shape index (κ1) is 23.4. The SMILES string of the molecule is O=C(CCc1ccc(S(=O)(=O)N2CCOCC2)cc1)NC[C@H](c1cccs1)N1CCCC1. The standard InChI is InChI=1S/C23H31N3O4S2/c27-23(24-18-21(22-4-3-17-31-22)25-11-1-2-12-25)10-7-19-5-8-20(9-6-19)32(28,29)26-13-15-30-16-14-26/h3-6,8-9,17,21H,1-2,7,10-16,18H2,(H,24,27)/t21-/m1/s1. The maximum Gasteiger partial charge on any atom is 0.243 e. The van der Waals surface area contributed by atoms with Crippen molar-refractivity contribution in [2.75, 3.05) is 45.9 Å². The molecule has 7 nitrogen and oxygen atoms in total. The second-order valence-electron chi connectivity index (χ2n) is 8.24. The summed E-state index contributed by atoms with van der Waals surface area (Å²) in [5.74, 6) is 0.0239. The molecule has 1 atom stereocenters. The lowest BCUT2D eigenvalue weighted by molar-refractivity contribution is -0.121. The van der Waals surface area contributed by atoms with Gasteiger partial charge in [0, 0.05) is 30.9 Å². The Balaban J connectivity index is 1.28. The Bertz CT molecular complexity index is 965. The smallest absolute Gasteiger partial charge is 0.243 e. The Hall–Kier alpha value is -1.78. The first-order chi connectivity index (χ1) is 15.5. The summed E-state index contributed by atoms with van der Waals surface area (Å²) < 4.78 is 32.2. The van der Waals surface area contributed by atoms with Crippen LogP contribution in [0.2, 0.25) is 0 Å². The Morgan fingerprint density at radius 3 is 2.44 bits per heavy atom. The lowest BCUT2D eigenvalue weighted by Gasteiger charge is -2.27. The predicted octanol–water partition coefficient (Wildman–Crippen LogP) is 2.65. The number of sulfonamides is 1. The number of nitrogens with zero attached hydrogens (tertiary/aromatic N) is 2. The van der Waals surface area contributed by atoms with Crippen LogP contribution in [-0.4, -0.2) is 69.5 Å². The highest BCUT2D eigenvalue weighted by Crippen LogP contribution is 2.28. The third-order valence-corrected chi connectivity index (χ3v) is 9.00. The van der Waals surface area contributed by atoms with Gasteiger partial charge in [-0.1, -0.05) is 18.2 Å². The van der Waals surface area contributed by atoms with E-state index in [-0.39, 0.29) is 16.8 Å². The van der Waals surface area contributed by atoms with Gasteiger partial charge in [0.05, 0.1) is 24.2 Å². The Labute approximate surface area is 194 Å². The lowest BCUT2D eigenvalue weighted by Crippen LogP contribution is -2.40. The minimum absolute atomic E-state index is 0.0239. The van der Waals surface area contributed by atoms with Crippen molar-refractivity contribution in [1.82, 2.24) is 14.5 Å². The van der Waals surface area contributed by atoms with E-state index in [0.717, 1.165) is 18.7 Å². The molecule has 2 fully saturated rings. The van der Waals surface area contributed by atoms with Crippen molar-refractivity contribution < 1.29 is 17.9 Å². The summed E-state index contributed by atoms with van der Waals surface area (Å²) in [7, 11) is -3.49. The monoisotopic (exact) mass is 477 g/mol. The average molecular weight is 478 g/mol. The van der Waals surface area contributed by atoms with Crippen LogP contribution in [-0.2, 0) is 26.0 Å². The zero-order chi connectivity index (χ0) is 22.4. The summed E-state index contributed by atoms with van der Waals surface area (Å²) >= 11 is 1.74. The normalized spacial score (nSPS) is 19.1. The van der Waals surface area contributed by atoms with Crippen molar-refractivity contribution in [3.8, 4) is 0 Å².